The van der Waals surface area contributed by atoms with Crippen LogP contribution in [0.2, 0.25) is 0 Å². The van der Waals surface area contributed by atoms with Crippen LogP contribution in [0.1, 0.15) is 61.1 Å². The van der Waals surface area contributed by atoms with Crippen LogP contribution in [-0.4, -0.2) is 9.13 Å². The molecule has 2 nitrogen and oxygen atoms in total. The van der Waals surface area contributed by atoms with Crippen molar-refractivity contribution >= 4 is 66.5 Å². The van der Waals surface area contributed by atoms with E-state index in [0.29, 0.717) is 0 Å². The summed E-state index contributed by atoms with van der Waals surface area (Å²) in [7, 11) is 0. The second-order valence-corrected chi connectivity index (χ2v) is 23.3. The molecule has 0 atom stereocenters. The molecular formula is C78H56N2. The van der Waals surface area contributed by atoms with Crippen LogP contribution in [0.15, 0.2) is 255 Å². The van der Waals surface area contributed by atoms with Crippen molar-refractivity contribution < 1.29 is 0 Å². The summed E-state index contributed by atoms with van der Waals surface area (Å²) in [5, 5.41) is 7.58. The Balaban J connectivity index is 0.653. The number of aromatic nitrogens is 2. The molecule has 2 aromatic heterocycles. The maximum absolute atomic E-state index is 2.53. The number of nitrogens with zero attached hydrogens (tertiary/aromatic N) is 2. The van der Waals surface area contributed by atoms with Gasteiger partial charge in [0.1, 0.15) is 0 Å². The first-order chi connectivity index (χ1) is 39.2. The molecule has 2 heterocycles. The van der Waals surface area contributed by atoms with Crippen molar-refractivity contribution in [3.8, 4) is 67.0 Å². The third-order valence-corrected chi connectivity index (χ3v) is 18.1. The van der Waals surface area contributed by atoms with Crippen molar-refractivity contribution in [2.75, 3.05) is 0 Å². The molecule has 0 aliphatic heterocycles. The highest BCUT2D eigenvalue weighted by Gasteiger charge is 2.42. The van der Waals surface area contributed by atoms with Gasteiger partial charge in [-0.25, -0.2) is 0 Å². The summed E-state index contributed by atoms with van der Waals surface area (Å²) in [6.45, 7) is 9.66. The zero-order chi connectivity index (χ0) is 53.4. The lowest BCUT2D eigenvalue weighted by molar-refractivity contribution is 0.652. The van der Waals surface area contributed by atoms with Crippen molar-refractivity contribution in [2.24, 2.45) is 0 Å². The number of rotatable bonds is 7. The van der Waals surface area contributed by atoms with E-state index in [9.17, 15) is 0 Å². The van der Waals surface area contributed by atoms with Crippen LogP contribution in [0.3, 0.4) is 0 Å². The van der Waals surface area contributed by atoms with E-state index in [-0.39, 0.29) is 10.8 Å². The summed E-state index contributed by atoms with van der Waals surface area (Å²) < 4.78 is 4.82. The zero-order valence-corrected chi connectivity index (χ0v) is 45.3. The van der Waals surface area contributed by atoms with Gasteiger partial charge in [-0.2, -0.15) is 0 Å². The van der Waals surface area contributed by atoms with Crippen molar-refractivity contribution in [2.45, 2.75) is 38.5 Å². The van der Waals surface area contributed by atoms with Gasteiger partial charge in [-0.05, 0) is 173 Å². The van der Waals surface area contributed by atoms with E-state index >= 15 is 0 Å². The SMILES string of the molecule is CC1(C)c2cc(-c3ccc(/C=C/c4ccc(-c5ccc6c(c5)c5ccccc5n6-c5ccccc5)cc4)cc3)ccc2-c2cc3c(cc21)-c1ccc(-c2ccc4c(c2)c2ccccc2n4-c2cccc4ccccc24)cc1C3(C)C. The second-order valence-electron chi connectivity index (χ2n) is 23.3. The van der Waals surface area contributed by atoms with E-state index in [1.54, 1.807) is 0 Å². The summed E-state index contributed by atoms with van der Waals surface area (Å²) in [4.78, 5) is 0. The number of benzene rings is 12. The van der Waals surface area contributed by atoms with Crippen LogP contribution < -0.4 is 0 Å². The second kappa shape index (κ2) is 17.4. The Morgan fingerprint density at radius 1 is 0.275 bits per heavy atom. The minimum atomic E-state index is -0.167. The molecule has 0 unspecified atom stereocenters. The first-order valence-electron chi connectivity index (χ1n) is 28.1. The van der Waals surface area contributed by atoms with Gasteiger partial charge in [0.2, 0.25) is 0 Å². The van der Waals surface area contributed by atoms with Gasteiger partial charge >= 0.3 is 0 Å². The average Bonchev–Trinajstić information content (AvgIpc) is 4.24. The van der Waals surface area contributed by atoms with Crippen molar-refractivity contribution in [3.63, 3.8) is 0 Å². The number of hydrogen-bond acceptors (Lipinski definition) is 0. The van der Waals surface area contributed by atoms with E-state index in [1.165, 1.54) is 155 Å². The predicted molar refractivity (Wildman–Crippen MR) is 339 cm³/mol. The fourth-order valence-corrected chi connectivity index (χ4v) is 13.9. The van der Waals surface area contributed by atoms with Crippen LogP contribution in [0.5, 0.6) is 0 Å². The summed E-state index contributed by atoms with van der Waals surface area (Å²) in [6.07, 6.45) is 4.44. The van der Waals surface area contributed by atoms with Gasteiger partial charge < -0.3 is 9.13 Å². The molecule has 378 valence electrons. The van der Waals surface area contributed by atoms with Crippen molar-refractivity contribution in [1.29, 1.82) is 0 Å². The van der Waals surface area contributed by atoms with Gasteiger partial charge in [0.25, 0.3) is 0 Å². The summed E-state index contributed by atoms with van der Waals surface area (Å²) in [5.41, 5.74) is 27.7. The van der Waals surface area contributed by atoms with Crippen LogP contribution in [-0.2, 0) is 10.8 Å². The topological polar surface area (TPSA) is 9.86 Å². The van der Waals surface area contributed by atoms with Gasteiger partial charge in [0.15, 0.2) is 0 Å². The third-order valence-electron chi connectivity index (χ3n) is 18.1. The minimum Gasteiger partial charge on any atom is -0.309 e. The zero-order valence-electron chi connectivity index (χ0n) is 45.3. The van der Waals surface area contributed by atoms with Gasteiger partial charge in [-0.15, -0.1) is 0 Å². The molecule has 0 radical (unpaired) electrons. The summed E-state index contributed by atoms with van der Waals surface area (Å²) in [6, 6.07) is 94.9. The van der Waals surface area contributed by atoms with Gasteiger partial charge in [0, 0.05) is 43.4 Å². The molecule has 12 aromatic carbocycles. The highest BCUT2D eigenvalue weighted by atomic mass is 15.0. The molecule has 2 aliphatic carbocycles. The smallest absolute Gasteiger partial charge is 0.0541 e. The molecule has 0 spiro atoms. The Bertz CT molecular complexity index is 4900. The molecule has 0 bridgehead atoms. The molecule has 2 heteroatoms. The molecule has 0 saturated heterocycles. The molecular weight excluding hydrogens is 965 g/mol. The lowest BCUT2D eigenvalue weighted by atomic mass is 9.79. The minimum absolute atomic E-state index is 0.156. The third kappa shape index (κ3) is 6.98. The van der Waals surface area contributed by atoms with Crippen molar-refractivity contribution in [3.05, 3.63) is 288 Å². The van der Waals surface area contributed by atoms with E-state index < -0.39 is 0 Å². The maximum atomic E-state index is 2.53. The first-order valence-corrected chi connectivity index (χ1v) is 28.1. The van der Waals surface area contributed by atoms with Crippen molar-refractivity contribution in [1.82, 2.24) is 9.13 Å². The molecule has 16 rings (SSSR count). The molecule has 0 saturated carbocycles. The van der Waals surface area contributed by atoms with Crippen LogP contribution in [0.4, 0.5) is 0 Å². The lowest BCUT2D eigenvalue weighted by Crippen LogP contribution is -2.17. The van der Waals surface area contributed by atoms with Gasteiger partial charge in [-0.3, -0.25) is 0 Å². The Hall–Kier alpha value is -9.76. The largest absolute Gasteiger partial charge is 0.309 e. The van der Waals surface area contributed by atoms with E-state index in [1.807, 2.05) is 0 Å². The standard InChI is InChI=1S/C78H56N2/c1-77(2)68-45-56(52-33-29-50(30-34-52)26-25-49-27-31-51(32-28-49)54-37-41-75-66(43-54)62-20-10-12-22-73(62)79(75)58-17-6-5-7-18-58)35-39-60(68)64-47-71-65(48-70(64)77)61-40-36-57(46-69(61)78(71,3)4)55-38-42-76-67(44-55)63-21-11-13-23-74(63)80(76)72-24-14-16-53-15-8-9-19-59(53)72/h5-48H,1-4H3/b26-25+. The average molecular weight is 1020 g/mol. The normalized spacial score (nSPS) is 13.9. The quantitative estimate of drug-likeness (QED) is 0.141. The molecule has 2 aliphatic rings. The highest BCUT2D eigenvalue weighted by molar-refractivity contribution is 6.12. The Morgan fingerprint density at radius 3 is 1.25 bits per heavy atom. The lowest BCUT2D eigenvalue weighted by Gasteiger charge is -2.24. The van der Waals surface area contributed by atoms with Gasteiger partial charge in [0.05, 0.1) is 27.8 Å². The number of para-hydroxylation sites is 3. The monoisotopic (exact) mass is 1020 g/mol. The Morgan fingerprint density at radius 2 is 0.675 bits per heavy atom. The van der Waals surface area contributed by atoms with Crippen LogP contribution in [0, 0.1) is 0 Å². The predicted octanol–water partition coefficient (Wildman–Crippen LogP) is 20.8. The number of hydrogen-bond donors (Lipinski definition) is 0. The summed E-state index contributed by atoms with van der Waals surface area (Å²) in [5.74, 6) is 0. The molecule has 0 fully saturated rings. The number of fused-ring (bicyclic) bond motifs is 13. The van der Waals surface area contributed by atoms with E-state index in [2.05, 4.69) is 304 Å². The molecule has 80 heavy (non-hydrogen) atoms. The molecule has 0 amide bonds. The van der Waals surface area contributed by atoms with E-state index in [4.69, 9.17) is 0 Å². The van der Waals surface area contributed by atoms with Crippen LogP contribution >= 0.6 is 0 Å². The van der Waals surface area contributed by atoms with Gasteiger partial charge in [-0.1, -0.05) is 216 Å². The van der Waals surface area contributed by atoms with E-state index in [0.717, 1.165) is 0 Å². The fourth-order valence-electron chi connectivity index (χ4n) is 13.9. The molecule has 14 aromatic rings. The summed E-state index contributed by atoms with van der Waals surface area (Å²) >= 11 is 0. The first kappa shape index (κ1) is 46.3. The van der Waals surface area contributed by atoms with Crippen LogP contribution in [0.25, 0.3) is 134 Å². The molecule has 0 N–H and O–H groups in total. The fraction of sp³-hybridized carbons (Fsp3) is 0.0769. The highest BCUT2D eigenvalue weighted by Crippen LogP contribution is 2.57. The Labute approximate surface area is 466 Å². The maximum Gasteiger partial charge on any atom is 0.0541 e. The Kier molecular flexibility index (Phi) is 10.1.